The van der Waals surface area contributed by atoms with Gasteiger partial charge >= 0.3 is 5.97 Å². The van der Waals surface area contributed by atoms with Gasteiger partial charge in [0.25, 0.3) is 0 Å². The van der Waals surface area contributed by atoms with Crippen LogP contribution in [0.25, 0.3) is 10.6 Å². The van der Waals surface area contributed by atoms with Gasteiger partial charge < -0.3 is 14.8 Å². The number of methoxy groups -OCH3 is 1. The summed E-state index contributed by atoms with van der Waals surface area (Å²) < 4.78 is 10.7. The zero-order valence-electron chi connectivity index (χ0n) is 11.9. The maximum Gasteiger partial charge on any atom is 0.338 e. The Hall–Kier alpha value is -1.92. The molecule has 110 valence electrons. The highest BCUT2D eigenvalue weighted by Gasteiger charge is 2.20. The number of thiazole rings is 1. The SMILES string of the molecule is COC(=O)c1cc(OC2CNC2)cc(-c2ncc(C)s2)c1. The zero-order chi connectivity index (χ0) is 14.8. The summed E-state index contributed by atoms with van der Waals surface area (Å²) in [6.07, 6.45) is 1.98. The summed E-state index contributed by atoms with van der Waals surface area (Å²) in [4.78, 5) is 17.3. The standard InChI is InChI=1S/C15H16N2O3S/c1-9-6-17-14(21-9)10-3-11(15(18)19-2)5-12(4-10)20-13-7-16-8-13/h3-6,13,16H,7-8H2,1-2H3. The van der Waals surface area contributed by atoms with Gasteiger partial charge in [-0.2, -0.15) is 0 Å². The number of benzene rings is 1. The number of carbonyl (C=O) groups excluding carboxylic acids is 1. The van der Waals surface area contributed by atoms with Crippen LogP contribution in [-0.2, 0) is 4.74 Å². The van der Waals surface area contributed by atoms with Crippen molar-refractivity contribution in [2.75, 3.05) is 20.2 Å². The maximum absolute atomic E-state index is 11.8. The van der Waals surface area contributed by atoms with Crippen LogP contribution in [-0.4, -0.2) is 37.3 Å². The first-order chi connectivity index (χ1) is 10.2. The molecule has 0 bridgehead atoms. The molecule has 1 fully saturated rings. The van der Waals surface area contributed by atoms with Gasteiger partial charge in [0.2, 0.25) is 0 Å². The highest BCUT2D eigenvalue weighted by molar-refractivity contribution is 7.14. The van der Waals surface area contributed by atoms with E-state index in [4.69, 9.17) is 9.47 Å². The molecule has 3 rings (SSSR count). The van der Waals surface area contributed by atoms with Crippen LogP contribution in [0.15, 0.2) is 24.4 Å². The fourth-order valence-corrected chi connectivity index (χ4v) is 2.80. The van der Waals surface area contributed by atoms with Gasteiger partial charge in [-0.05, 0) is 25.1 Å². The third kappa shape index (κ3) is 3.06. The molecule has 0 aliphatic carbocycles. The molecule has 0 amide bonds. The number of carbonyl (C=O) groups is 1. The van der Waals surface area contributed by atoms with E-state index < -0.39 is 0 Å². The average molecular weight is 304 g/mol. The normalized spacial score (nSPS) is 14.6. The van der Waals surface area contributed by atoms with Gasteiger partial charge in [0, 0.05) is 29.7 Å². The van der Waals surface area contributed by atoms with Crippen molar-refractivity contribution in [3.05, 3.63) is 34.8 Å². The lowest BCUT2D eigenvalue weighted by Gasteiger charge is -2.28. The Kier molecular flexibility index (Phi) is 3.90. The van der Waals surface area contributed by atoms with E-state index >= 15 is 0 Å². The molecule has 2 heterocycles. The highest BCUT2D eigenvalue weighted by Crippen LogP contribution is 2.30. The number of hydrogen-bond donors (Lipinski definition) is 1. The van der Waals surface area contributed by atoms with Crippen LogP contribution in [0.3, 0.4) is 0 Å². The lowest BCUT2D eigenvalue weighted by atomic mass is 10.1. The third-order valence-electron chi connectivity index (χ3n) is 3.24. The molecule has 0 atom stereocenters. The average Bonchev–Trinajstić information content (AvgIpc) is 2.88. The van der Waals surface area contributed by atoms with Gasteiger partial charge in [-0.3, -0.25) is 0 Å². The molecule has 0 unspecified atom stereocenters. The summed E-state index contributed by atoms with van der Waals surface area (Å²) in [7, 11) is 1.37. The van der Waals surface area contributed by atoms with Crippen molar-refractivity contribution in [2.24, 2.45) is 0 Å². The lowest BCUT2D eigenvalue weighted by molar-refractivity contribution is 0.0599. The summed E-state index contributed by atoms with van der Waals surface area (Å²) in [6, 6.07) is 5.42. The van der Waals surface area contributed by atoms with Gasteiger partial charge in [0.05, 0.1) is 12.7 Å². The van der Waals surface area contributed by atoms with E-state index in [9.17, 15) is 4.79 Å². The number of hydrogen-bond acceptors (Lipinski definition) is 6. The minimum Gasteiger partial charge on any atom is -0.488 e. The molecule has 5 nitrogen and oxygen atoms in total. The number of esters is 1. The van der Waals surface area contributed by atoms with Crippen molar-refractivity contribution in [3.8, 4) is 16.3 Å². The number of rotatable bonds is 4. The molecule has 1 aliphatic heterocycles. The van der Waals surface area contributed by atoms with Crippen molar-refractivity contribution in [1.82, 2.24) is 10.3 Å². The predicted octanol–water partition coefficient (Wildman–Crippen LogP) is 2.26. The molecule has 1 aromatic heterocycles. The predicted molar refractivity (Wildman–Crippen MR) is 80.9 cm³/mol. The highest BCUT2D eigenvalue weighted by atomic mass is 32.1. The van der Waals surface area contributed by atoms with Gasteiger partial charge in [-0.25, -0.2) is 9.78 Å². The van der Waals surface area contributed by atoms with Gasteiger partial charge in [0.1, 0.15) is 16.9 Å². The van der Waals surface area contributed by atoms with Gasteiger partial charge in [0.15, 0.2) is 0 Å². The van der Waals surface area contributed by atoms with Gasteiger partial charge in [-0.1, -0.05) is 0 Å². The van der Waals surface area contributed by atoms with E-state index in [-0.39, 0.29) is 12.1 Å². The summed E-state index contributed by atoms with van der Waals surface area (Å²) in [6.45, 7) is 3.66. The molecule has 0 radical (unpaired) electrons. The molecule has 1 aromatic carbocycles. The van der Waals surface area contributed by atoms with Crippen molar-refractivity contribution < 1.29 is 14.3 Å². The first kappa shape index (κ1) is 14.0. The Morgan fingerprint density at radius 3 is 2.76 bits per heavy atom. The smallest absolute Gasteiger partial charge is 0.338 e. The second kappa shape index (κ2) is 5.83. The van der Waals surface area contributed by atoms with E-state index in [1.54, 1.807) is 23.5 Å². The van der Waals surface area contributed by atoms with Crippen LogP contribution in [0.5, 0.6) is 5.75 Å². The first-order valence-electron chi connectivity index (χ1n) is 6.69. The molecule has 1 saturated heterocycles. The van der Waals surface area contributed by atoms with Crippen molar-refractivity contribution in [3.63, 3.8) is 0 Å². The number of aromatic nitrogens is 1. The van der Waals surface area contributed by atoms with E-state index in [1.165, 1.54) is 7.11 Å². The summed E-state index contributed by atoms with van der Waals surface area (Å²) in [5.41, 5.74) is 1.35. The van der Waals surface area contributed by atoms with Crippen molar-refractivity contribution >= 4 is 17.3 Å². The van der Waals surface area contributed by atoms with E-state index in [0.29, 0.717) is 11.3 Å². The molecule has 0 saturated carbocycles. The minimum absolute atomic E-state index is 0.156. The molecule has 0 spiro atoms. The Bertz CT molecular complexity index is 665. The first-order valence-corrected chi connectivity index (χ1v) is 7.51. The summed E-state index contributed by atoms with van der Waals surface area (Å²) >= 11 is 1.59. The van der Waals surface area contributed by atoms with Gasteiger partial charge in [-0.15, -0.1) is 11.3 Å². The lowest BCUT2D eigenvalue weighted by Crippen LogP contribution is -2.50. The van der Waals surface area contributed by atoms with E-state index in [0.717, 1.165) is 28.5 Å². The van der Waals surface area contributed by atoms with Crippen LogP contribution in [0.4, 0.5) is 0 Å². The second-order valence-corrected chi connectivity index (χ2v) is 6.15. The zero-order valence-corrected chi connectivity index (χ0v) is 12.7. The molecular formula is C15H16N2O3S. The van der Waals surface area contributed by atoms with Crippen LogP contribution in [0.1, 0.15) is 15.2 Å². The summed E-state index contributed by atoms with van der Waals surface area (Å²) in [5.74, 6) is 0.300. The third-order valence-corrected chi connectivity index (χ3v) is 4.20. The van der Waals surface area contributed by atoms with Crippen molar-refractivity contribution in [2.45, 2.75) is 13.0 Å². The minimum atomic E-state index is -0.373. The van der Waals surface area contributed by atoms with E-state index in [2.05, 4.69) is 10.3 Å². The fourth-order valence-electron chi connectivity index (χ4n) is 2.05. The van der Waals surface area contributed by atoms with Crippen LogP contribution in [0, 0.1) is 6.92 Å². The van der Waals surface area contributed by atoms with Crippen LogP contribution >= 0.6 is 11.3 Å². The maximum atomic E-state index is 11.8. The number of aryl methyl sites for hydroxylation is 1. The topological polar surface area (TPSA) is 60.5 Å². The Morgan fingerprint density at radius 1 is 1.38 bits per heavy atom. The molecular weight excluding hydrogens is 288 g/mol. The Labute approximate surface area is 126 Å². The fraction of sp³-hybridized carbons (Fsp3) is 0.333. The van der Waals surface area contributed by atoms with Crippen molar-refractivity contribution in [1.29, 1.82) is 0 Å². The molecule has 1 aliphatic rings. The Morgan fingerprint density at radius 2 is 2.19 bits per heavy atom. The monoisotopic (exact) mass is 304 g/mol. The molecule has 1 N–H and O–H groups in total. The molecule has 2 aromatic rings. The van der Waals surface area contributed by atoms with Crippen LogP contribution in [0.2, 0.25) is 0 Å². The van der Waals surface area contributed by atoms with Crippen LogP contribution < -0.4 is 10.1 Å². The Balaban J connectivity index is 1.97. The second-order valence-electron chi connectivity index (χ2n) is 4.91. The molecule has 6 heteroatoms. The largest absolute Gasteiger partial charge is 0.488 e. The molecule has 21 heavy (non-hydrogen) atoms. The summed E-state index contributed by atoms with van der Waals surface area (Å²) in [5, 5.41) is 4.02. The number of nitrogens with one attached hydrogen (secondary N) is 1. The number of nitrogens with zero attached hydrogens (tertiary/aromatic N) is 1. The van der Waals surface area contributed by atoms with E-state index in [1.807, 2.05) is 19.2 Å². The quantitative estimate of drug-likeness (QED) is 0.878. The number of ether oxygens (including phenoxy) is 2.